The molecule has 0 bridgehead atoms. The van der Waals surface area contributed by atoms with E-state index in [2.05, 4.69) is 69.0 Å². The quantitative estimate of drug-likeness (QED) is 0.135. The summed E-state index contributed by atoms with van der Waals surface area (Å²) >= 11 is 1.54. The van der Waals surface area contributed by atoms with Crippen LogP contribution in [0.1, 0.15) is 108 Å². The van der Waals surface area contributed by atoms with Crippen molar-refractivity contribution in [3.8, 4) is 27.6 Å². The van der Waals surface area contributed by atoms with Crippen LogP contribution in [0.5, 0.6) is 0 Å². The van der Waals surface area contributed by atoms with E-state index >= 15 is 0 Å². The molecule has 1 heterocycles. The van der Waals surface area contributed by atoms with Crippen LogP contribution in [0.25, 0.3) is 27.6 Å². The van der Waals surface area contributed by atoms with Crippen LogP contribution in [-0.4, -0.2) is 24.2 Å². The second-order valence-corrected chi connectivity index (χ2v) is 12.8. The van der Waals surface area contributed by atoms with Gasteiger partial charge in [0.25, 0.3) is 0 Å². The van der Waals surface area contributed by atoms with E-state index in [-0.39, 0.29) is 11.0 Å². The van der Waals surface area contributed by atoms with Gasteiger partial charge in [0.2, 0.25) is 0 Å². The number of hydrogen-bond donors (Lipinski definition) is 1. The van der Waals surface area contributed by atoms with E-state index in [1.807, 2.05) is 12.1 Å². The number of thiophene rings is 1. The maximum Gasteiger partial charge on any atom is 0.346 e. The van der Waals surface area contributed by atoms with Crippen molar-refractivity contribution in [2.24, 2.45) is 0 Å². The van der Waals surface area contributed by atoms with Gasteiger partial charge in [0.15, 0.2) is 0 Å². The molecule has 0 saturated carbocycles. The third kappa shape index (κ3) is 6.65. The minimum Gasteiger partial charge on any atom is -0.477 e. The second kappa shape index (κ2) is 14.7. The molecular weight excluding hydrogens is 536 g/mol. The van der Waals surface area contributed by atoms with E-state index in [9.17, 15) is 15.2 Å². The van der Waals surface area contributed by atoms with Crippen molar-refractivity contribution < 1.29 is 9.90 Å². The molecule has 4 nitrogen and oxygen atoms in total. The minimum absolute atomic E-state index is 0.0127. The number of anilines is 1. The zero-order valence-electron chi connectivity index (χ0n) is 25.8. The Bertz CT molecular complexity index is 1430. The number of nitriles is 1. The summed E-state index contributed by atoms with van der Waals surface area (Å²) in [6.45, 7) is 11.3. The Morgan fingerprint density at radius 1 is 0.857 bits per heavy atom. The van der Waals surface area contributed by atoms with Gasteiger partial charge in [-0.3, -0.25) is 0 Å². The molecule has 0 fully saturated rings. The molecule has 42 heavy (non-hydrogen) atoms. The first-order valence-electron chi connectivity index (χ1n) is 15.9. The fraction of sp³-hybridized carbons (Fsp3) is 0.459. The van der Waals surface area contributed by atoms with Crippen LogP contribution >= 0.6 is 11.3 Å². The van der Waals surface area contributed by atoms with E-state index in [1.54, 1.807) is 6.07 Å². The number of benzene rings is 2. The maximum atomic E-state index is 11.4. The van der Waals surface area contributed by atoms with Gasteiger partial charge in [0.05, 0.1) is 0 Å². The first-order chi connectivity index (χ1) is 20.4. The smallest absolute Gasteiger partial charge is 0.346 e. The summed E-state index contributed by atoms with van der Waals surface area (Å²) in [5.74, 6) is -1.19. The Morgan fingerprint density at radius 3 is 2.02 bits per heavy atom. The van der Waals surface area contributed by atoms with E-state index < -0.39 is 5.97 Å². The molecule has 0 radical (unpaired) electrons. The average molecular weight is 583 g/mol. The lowest BCUT2D eigenvalue weighted by Gasteiger charge is -2.34. The predicted octanol–water partition coefficient (Wildman–Crippen LogP) is 10.5. The van der Waals surface area contributed by atoms with Gasteiger partial charge >= 0.3 is 5.97 Å². The highest BCUT2D eigenvalue weighted by molar-refractivity contribution is 7.16. The molecule has 1 N–H and O–H groups in total. The molecule has 1 aromatic heterocycles. The van der Waals surface area contributed by atoms with Gasteiger partial charge in [-0.05, 0) is 89.9 Å². The van der Waals surface area contributed by atoms with Gasteiger partial charge in [0.1, 0.15) is 11.6 Å². The van der Waals surface area contributed by atoms with Crippen LogP contribution in [0.3, 0.4) is 0 Å². The number of carboxylic acid groups (broad SMARTS) is 1. The Balaban J connectivity index is 1.83. The summed E-state index contributed by atoms with van der Waals surface area (Å²) in [5, 5.41) is 18.5. The zero-order chi connectivity index (χ0) is 30.1. The highest BCUT2D eigenvalue weighted by atomic mass is 32.1. The molecular formula is C37H46N2O2S. The van der Waals surface area contributed by atoms with Crippen LogP contribution in [-0.2, 0) is 10.2 Å². The van der Waals surface area contributed by atoms with Crippen molar-refractivity contribution in [1.82, 2.24) is 0 Å². The van der Waals surface area contributed by atoms with Crippen LogP contribution in [0, 0.1) is 11.3 Å². The van der Waals surface area contributed by atoms with Crippen LogP contribution in [0.15, 0.2) is 54.1 Å². The number of rotatable bonds is 16. The third-order valence-corrected chi connectivity index (χ3v) is 9.82. The molecule has 1 aliphatic carbocycles. The minimum atomic E-state index is -1.19. The van der Waals surface area contributed by atoms with Crippen LogP contribution < -0.4 is 4.90 Å². The molecule has 3 aromatic rings. The van der Waals surface area contributed by atoms with Crippen molar-refractivity contribution in [3.63, 3.8) is 0 Å². The average Bonchev–Trinajstić information content (AvgIpc) is 3.58. The molecule has 0 spiro atoms. The fourth-order valence-corrected chi connectivity index (χ4v) is 7.34. The molecule has 4 rings (SSSR count). The largest absolute Gasteiger partial charge is 0.477 e. The lowest BCUT2D eigenvalue weighted by Crippen LogP contribution is -2.28. The van der Waals surface area contributed by atoms with Crippen molar-refractivity contribution in [1.29, 1.82) is 5.26 Å². The molecule has 0 atom stereocenters. The number of hydrogen-bond acceptors (Lipinski definition) is 4. The van der Waals surface area contributed by atoms with Crippen molar-refractivity contribution in [2.45, 2.75) is 97.3 Å². The van der Waals surface area contributed by atoms with Gasteiger partial charge < -0.3 is 10.0 Å². The van der Waals surface area contributed by atoms with Gasteiger partial charge in [-0.1, -0.05) is 84.4 Å². The predicted molar refractivity (Wildman–Crippen MR) is 178 cm³/mol. The van der Waals surface area contributed by atoms with Gasteiger partial charge in [-0.15, -0.1) is 11.3 Å². The molecule has 1 aliphatic rings. The highest BCUT2D eigenvalue weighted by Gasteiger charge is 2.42. The lowest BCUT2D eigenvalue weighted by molar-refractivity contribution is -0.132. The van der Waals surface area contributed by atoms with Crippen molar-refractivity contribution in [3.05, 3.63) is 70.1 Å². The Hall–Kier alpha value is -3.36. The second-order valence-electron chi connectivity index (χ2n) is 11.7. The number of carboxylic acids is 1. The lowest BCUT2D eigenvalue weighted by atomic mass is 9.70. The fourth-order valence-electron chi connectivity index (χ4n) is 6.39. The Kier molecular flexibility index (Phi) is 11.0. The summed E-state index contributed by atoms with van der Waals surface area (Å²) in [4.78, 5) is 15.9. The Labute approximate surface area is 256 Å². The summed E-state index contributed by atoms with van der Waals surface area (Å²) in [6.07, 6.45) is 13.3. The van der Waals surface area contributed by atoms with E-state index in [0.717, 1.165) is 41.2 Å². The van der Waals surface area contributed by atoms with Gasteiger partial charge in [-0.2, -0.15) is 5.26 Å². The molecule has 222 valence electrons. The summed E-state index contributed by atoms with van der Waals surface area (Å²) in [7, 11) is 0. The molecule has 0 aliphatic heterocycles. The molecule has 5 heteroatoms. The SMILES string of the molecule is CCCCN(CCCC)c1ccc2c(c1)C(CCCC)(CCCC)c1cc(-c3ccc(/C=C(\C#N)C(=O)O)s3)ccc1-2. The first kappa shape index (κ1) is 31.6. The maximum absolute atomic E-state index is 11.4. The summed E-state index contributed by atoms with van der Waals surface area (Å²) in [5.41, 5.74) is 7.95. The van der Waals surface area contributed by atoms with Crippen molar-refractivity contribution >= 4 is 29.1 Å². The van der Waals surface area contributed by atoms with E-state index in [1.165, 1.54) is 96.7 Å². The number of fused-ring (bicyclic) bond motifs is 3. The topological polar surface area (TPSA) is 64.3 Å². The summed E-state index contributed by atoms with van der Waals surface area (Å²) < 4.78 is 0. The number of unbranched alkanes of at least 4 members (excludes halogenated alkanes) is 4. The summed E-state index contributed by atoms with van der Waals surface area (Å²) in [6, 6.07) is 20.0. The highest BCUT2D eigenvalue weighted by Crippen LogP contribution is 2.55. The van der Waals surface area contributed by atoms with Gasteiger partial charge in [0, 0.05) is 33.9 Å². The zero-order valence-corrected chi connectivity index (χ0v) is 26.7. The normalized spacial score (nSPS) is 13.5. The molecule has 0 amide bonds. The molecule has 2 aromatic carbocycles. The Morgan fingerprint density at radius 2 is 1.45 bits per heavy atom. The number of nitrogens with zero attached hydrogens (tertiary/aromatic N) is 2. The number of aliphatic carboxylic acids is 1. The third-order valence-electron chi connectivity index (χ3n) is 8.74. The van der Waals surface area contributed by atoms with Gasteiger partial charge in [-0.25, -0.2) is 4.79 Å². The van der Waals surface area contributed by atoms with Crippen molar-refractivity contribution in [2.75, 3.05) is 18.0 Å². The van der Waals surface area contributed by atoms with Crippen LogP contribution in [0.4, 0.5) is 5.69 Å². The first-order valence-corrected chi connectivity index (χ1v) is 16.7. The molecule has 0 saturated heterocycles. The number of carbonyl (C=O) groups is 1. The van der Waals surface area contributed by atoms with E-state index in [0.29, 0.717) is 0 Å². The monoisotopic (exact) mass is 582 g/mol. The molecule has 0 unspecified atom stereocenters. The standard InChI is InChI=1S/C37H46N2O2S/c1-5-9-19-37(20-10-6-2)33-24-27(35-18-15-30(42-35)23-28(26-38)36(40)41)13-16-31(33)32-17-14-29(25-34(32)37)39(21-11-7-3)22-12-8-4/h13-18,23-25H,5-12,19-22H2,1-4H3,(H,40,41)/b28-23+. The van der Waals surface area contributed by atoms with Crippen LogP contribution in [0.2, 0.25) is 0 Å². The van der Waals surface area contributed by atoms with E-state index in [4.69, 9.17) is 0 Å².